The Morgan fingerprint density at radius 3 is 2.57 bits per heavy atom. The van der Waals surface area contributed by atoms with Crippen LogP contribution in [0.3, 0.4) is 0 Å². The van der Waals surface area contributed by atoms with Gasteiger partial charge >= 0.3 is 6.09 Å². The molecule has 8 nitrogen and oxygen atoms in total. The van der Waals surface area contributed by atoms with Crippen molar-refractivity contribution < 1.29 is 37.7 Å². The van der Waals surface area contributed by atoms with Gasteiger partial charge in [-0.2, -0.15) is 0 Å². The van der Waals surface area contributed by atoms with E-state index in [0.717, 1.165) is 6.42 Å². The smallest absolute Gasteiger partial charge is 0.409 e. The summed E-state index contributed by atoms with van der Waals surface area (Å²) < 4.78 is 52.0. The fourth-order valence-corrected chi connectivity index (χ4v) is 8.96. The molecule has 0 bridgehead atoms. The van der Waals surface area contributed by atoms with Crippen LogP contribution in [-0.2, 0) is 19.0 Å². The second-order valence-corrected chi connectivity index (χ2v) is 14.4. The molecular weight excluding hydrogens is 570 g/mol. The molecular formula is C34H50F2N2O6. The first-order chi connectivity index (χ1) is 20.6. The minimum atomic E-state index is -2.17. The number of amides is 1. The summed E-state index contributed by atoms with van der Waals surface area (Å²) >= 11 is 0. The summed E-state index contributed by atoms with van der Waals surface area (Å²) in [5.41, 5.74) is -5.32. The first-order valence-corrected chi connectivity index (χ1v) is 16.1. The number of ketones is 1. The number of rotatable bonds is 9. The zero-order valence-electron chi connectivity index (χ0n) is 27.3. The first-order valence-electron chi connectivity index (χ1n) is 16.1. The number of aliphatic hydroxyl groups is 1. The number of nitrogens with zero attached hydrogens (tertiary/aromatic N) is 2. The van der Waals surface area contributed by atoms with E-state index in [0.29, 0.717) is 36.7 Å². The van der Waals surface area contributed by atoms with Crippen LogP contribution in [0.25, 0.3) is 0 Å². The Hall–Kier alpha value is -2.14. The normalized spacial score (nSPS) is 42.5. The molecule has 10 heteroatoms. The summed E-state index contributed by atoms with van der Waals surface area (Å²) in [6, 6.07) is 0.313. The van der Waals surface area contributed by atoms with Gasteiger partial charge in [0.25, 0.3) is 0 Å². The molecule has 5 rings (SSSR count). The van der Waals surface area contributed by atoms with Crippen molar-refractivity contribution in [2.24, 2.45) is 22.7 Å². The Kier molecular flexibility index (Phi) is 8.75. The predicted octanol–water partition coefficient (Wildman–Crippen LogP) is 5.16. The molecule has 10 atom stereocenters. The van der Waals surface area contributed by atoms with E-state index < -0.39 is 77.1 Å². The van der Waals surface area contributed by atoms with Gasteiger partial charge < -0.3 is 29.1 Å². The van der Waals surface area contributed by atoms with Crippen LogP contribution in [0, 0.1) is 22.7 Å². The Labute approximate surface area is 260 Å². The summed E-state index contributed by atoms with van der Waals surface area (Å²) in [6.07, 6.45) is 1.32. The van der Waals surface area contributed by atoms with Crippen LogP contribution in [0.2, 0.25) is 0 Å². The quantitative estimate of drug-likeness (QED) is 0.381. The van der Waals surface area contributed by atoms with E-state index >= 15 is 8.78 Å². The molecule has 5 aliphatic rings. The Bertz CT molecular complexity index is 1240. The number of fused-ring (bicyclic) bond motifs is 7. The second kappa shape index (κ2) is 11.6. The Morgan fingerprint density at radius 2 is 1.91 bits per heavy atom. The average Bonchev–Trinajstić information content (AvgIpc) is 3.45. The molecule has 1 N–H and O–H groups in total. The van der Waals surface area contributed by atoms with Crippen molar-refractivity contribution in [3.63, 3.8) is 0 Å². The van der Waals surface area contributed by atoms with Crippen molar-refractivity contribution >= 4 is 11.9 Å². The molecule has 3 saturated carbocycles. The highest BCUT2D eigenvalue weighted by Crippen LogP contribution is 2.72. The summed E-state index contributed by atoms with van der Waals surface area (Å²) in [5.74, 6) is -1.89. The number of ether oxygens (including phenoxy) is 3. The molecule has 0 radical (unpaired) electrons. The van der Waals surface area contributed by atoms with Gasteiger partial charge in [0.15, 0.2) is 24.2 Å². The Balaban J connectivity index is 1.44. The largest absolute Gasteiger partial charge is 0.441 e. The SMILES string of the molecule is C=C1C=C[C@@]2(C)C(=C1)[C@@H](F)C[C@H]1[C@@H]3C[C@H]4OC(CCC)O[C@@]4(C(=O)COC(=O)N(C)CCN(C)C(C)C)[C@@]3(C)C[C@H](O)[C@@]12F. The molecule has 1 heterocycles. The lowest BCUT2D eigenvalue weighted by Gasteiger charge is -2.63. The van der Waals surface area contributed by atoms with Gasteiger partial charge in [-0.15, -0.1) is 0 Å². The third-order valence-electron chi connectivity index (χ3n) is 11.8. The number of alkyl halides is 2. The van der Waals surface area contributed by atoms with Crippen molar-refractivity contribution in [2.75, 3.05) is 33.8 Å². The fourth-order valence-electron chi connectivity index (χ4n) is 8.96. The predicted molar refractivity (Wildman–Crippen MR) is 162 cm³/mol. The van der Waals surface area contributed by atoms with Crippen molar-refractivity contribution in [2.45, 2.75) is 109 Å². The van der Waals surface area contributed by atoms with Gasteiger partial charge in [0, 0.05) is 42.9 Å². The summed E-state index contributed by atoms with van der Waals surface area (Å²) in [4.78, 5) is 30.7. The number of aliphatic hydroxyl groups excluding tert-OH is 1. The van der Waals surface area contributed by atoms with Crippen LogP contribution in [0.5, 0.6) is 0 Å². The van der Waals surface area contributed by atoms with E-state index in [1.807, 2.05) is 20.9 Å². The number of halogens is 2. The number of hydrogen-bond donors (Lipinski definition) is 1. The highest BCUT2D eigenvalue weighted by Gasteiger charge is 2.80. The van der Waals surface area contributed by atoms with Crippen molar-refractivity contribution in [3.05, 3.63) is 36.0 Å². The lowest BCUT2D eigenvalue weighted by molar-refractivity contribution is -0.234. The van der Waals surface area contributed by atoms with Gasteiger partial charge in [-0.05, 0) is 70.6 Å². The maximum Gasteiger partial charge on any atom is 0.409 e. The molecule has 44 heavy (non-hydrogen) atoms. The van der Waals surface area contributed by atoms with E-state index in [9.17, 15) is 14.7 Å². The van der Waals surface area contributed by atoms with Gasteiger partial charge in [-0.3, -0.25) is 4.79 Å². The lowest BCUT2D eigenvalue weighted by atomic mass is 9.44. The first kappa shape index (κ1) is 33.2. The zero-order chi connectivity index (χ0) is 32.4. The van der Waals surface area contributed by atoms with Crippen LogP contribution in [0.15, 0.2) is 36.0 Å². The summed E-state index contributed by atoms with van der Waals surface area (Å²) in [7, 11) is 3.59. The van der Waals surface area contributed by atoms with Crippen LogP contribution in [-0.4, -0.2) is 103 Å². The molecule has 0 aromatic carbocycles. The monoisotopic (exact) mass is 620 g/mol. The van der Waals surface area contributed by atoms with Crippen LogP contribution in [0.4, 0.5) is 13.6 Å². The highest BCUT2D eigenvalue weighted by molar-refractivity contribution is 5.92. The van der Waals surface area contributed by atoms with Gasteiger partial charge in [-0.25, -0.2) is 13.6 Å². The molecule has 0 aromatic heterocycles. The molecule has 1 unspecified atom stereocenters. The van der Waals surface area contributed by atoms with Gasteiger partial charge in [0.2, 0.25) is 5.78 Å². The third kappa shape index (κ3) is 4.73. The number of allylic oxidation sites excluding steroid dienone is 5. The number of Topliss-reactive ketones (excluding diaryl/α,β-unsaturated/α-hetero) is 1. The van der Waals surface area contributed by atoms with Crippen LogP contribution >= 0.6 is 0 Å². The number of hydrogen-bond acceptors (Lipinski definition) is 7. The fraction of sp³-hybridized carbons (Fsp3) is 0.765. The molecule has 4 fully saturated rings. The highest BCUT2D eigenvalue weighted by atomic mass is 19.1. The number of likely N-dealkylation sites (N-methyl/N-ethyl adjacent to an activating group) is 2. The van der Waals surface area contributed by atoms with E-state index in [1.54, 1.807) is 32.2 Å². The summed E-state index contributed by atoms with van der Waals surface area (Å²) in [6.45, 7) is 14.0. The molecule has 0 aromatic rings. The minimum Gasteiger partial charge on any atom is -0.441 e. The zero-order valence-corrected chi connectivity index (χ0v) is 27.3. The molecule has 1 aliphatic heterocycles. The number of carbonyl (C=O) groups is 2. The van der Waals surface area contributed by atoms with E-state index in [1.165, 1.54) is 4.90 Å². The topological polar surface area (TPSA) is 88.5 Å². The molecule has 1 amide bonds. The molecule has 0 spiro atoms. The van der Waals surface area contributed by atoms with Crippen LogP contribution < -0.4 is 0 Å². The van der Waals surface area contributed by atoms with E-state index in [2.05, 4.69) is 25.3 Å². The van der Waals surface area contributed by atoms with Crippen molar-refractivity contribution in [1.29, 1.82) is 0 Å². The lowest BCUT2D eigenvalue weighted by Crippen LogP contribution is -2.70. The van der Waals surface area contributed by atoms with Gasteiger partial charge in [0.1, 0.15) is 6.17 Å². The second-order valence-electron chi connectivity index (χ2n) is 14.4. The standard InChI is InChI=1S/C34H50F2N2O6/c1-9-10-29-43-28-17-22-23-16-25(35)24-15-21(4)11-12-31(24,5)33(23,36)26(39)18-32(22,6)34(28,44-29)27(40)19-42-30(41)38(8)14-13-37(7)20(2)3/h11-12,15,20,22-23,25-26,28-29,39H,4,9-10,13-14,16-19H2,1-3,5-8H3/t22-,23-,25-,26-,28+,29?,31-,32-,33-,34+/m0/s1. The van der Waals surface area contributed by atoms with Gasteiger partial charge in [0.05, 0.1) is 12.2 Å². The minimum absolute atomic E-state index is 0.0842. The van der Waals surface area contributed by atoms with E-state index in [-0.39, 0.29) is 19.3 Å². The van der Waals surface area contributed by atoms with Gasteiger partial charge in [-0.1, -0.05) is 45.1 Å². The summed E-state index contributed by atoms with van der Waals surface area (Å²) in [5, 5.41) is 11.8. The average molecular weight is 621 g/mol. The van der Waals surface area contributed by atoms with Crippen molar-refractivity contribution in [1.82, 2.24) is 9.80 Å². The van der Waals surface area contributed by atoms with Crippen LogP contribution in [0.1, 0.15) is 66.7 Å². The van der Waals surface area contributed by atoms with Crippen molar-refractivity contribution in [3.8, 4) is 0 Å². The third-order valence-corrected chi connectivity index (χ3v) is 11.8. The van der Waals surface area contributed by atoms with E-state index in [4.69, 9.17) is 14.2 Å². The maximum atomic E-state index is 17.7. The molecule has 1 saturated heterocycles. The molecule has 246 valence electrons. The Morgan fingerprint density at radius 1 is 1.20 bits per heavy atom. The molecule has 4 aliphatic carbocycles. The maximum absolute atomic E-state index is 17.7. The number of carbonyl (C=O) groups excluding carboxylic acids is 2.